The zero-order valence-corrected chi connectivity index (χ0v) is 24.4. The van der Waals surface area contributed by atoms with Crippen LogP contribution >= 0.6 is 34.7 Å². The van der Waals surface area contributed by atoms with Gasteiger partial charge >= 0.3 is 5.97 Å². The Bertz CT molecular complexity index is 1320. The summed E-state index contributed by atoms with van der Waals surface area (Å²) >= 11 is 9.06. The van der Waals surface area contributed by atoms with Gasteiger partial charge in [0.1, 0.15) is 9.96 Å². The summed E-state index contributed by atoms with van der Waals surface area (Å²) in [5, 5.41) is 1.49. The molecule has 1 aromatic heterocycles. The number of hydrogen-bond acceptors (Lipinski definition) is 7. The zero-order chi connectivity index (χ0) is 26.5. The molecule has 196 valence electrons. The average molecular weight is 570 g/mol. The SMILES string of the molecule is CCCN(CC(C)Sc1ccc(OCC(=O)OCC)c(C)c1)S(=O)(=O)c1sc2ccc(Cl)cc2c1C. The maximum atomic E-state index is 13.7. The first-order valence-electron chi connectivity index (χ1n) is 11.8. The molecule has 3 aromatic rings. The first kappa shape index (κ1) is 28.8. The molecule has 0 radical (unpaired) electrons. The van der Waals surface area contributed by atoms with Gasteiger partial charge in [-0.05, 0) is 80.1 Å². The normalized spacial score (nSPS) is 12.8. The van der Waals surface area contributed by atoms with Crippen LogP contribution < -0.4 is 4.74 Å². The Labute approximate surface area is 227 Å². The lowest BCUT2D eigenvalue weighted by Gasteiger charge is -2.24. The maximum Gasteiger partial charge on any atom is 0.344 e. The number of hydrogen-bond donors (Lipinski definition) is 0. The lowest BCUT2D eigenvalue weighted by atomic mass is 10.2. The summed E-state index contributed by atoms with van der Waals surface area (Å²) in [6.45, 7) is 10.5. The minimum absolute atomic E-state index is 0.0150. The van der Waals surface area contributed by atoms with E-state index in [9.17, 15) is 13.2 Å². The van der Waals surface area contributed by atoms with Crippen molar-refractivity contribution < 1.29 is 22.7 Å². The minimum Gasteiger partial charge on any atom is -0.482 e. The molecule has 0 aliphatic rings. The van der Waals surface area contributed by atoms with E-state index >= 15 is 0 Å². The number of carbonyl (C=O) groups is 1. The summed E-state index contributed by atoms with van der Waals surface area (Å²) in [7, 11) is -3.66. The number of thiophene rings is 1. The summed E-state index contributed by atoms with van der Waals surface area (Å²) in [5.41, 5.74) is 1.64. The number of carbonyl (C=O) groups excluding carboxylic acids is 1. The van der Waals surface area contributed by atoms with Crippen LogP contribution in [0, 0.1) is 13.8 Å². The molecule has 10 heteroatoms. The van der Waals surface area contributed by atoms with Crippen molar-refractivity contribution in [3.63, 3.8) is 0 Å². The molecule has 0 aliphatic carbocycles. The van der Waals surface area contributed by atoms with Crippen LogP contribution in [-0.4, -0.2) is 50.2 Å². The summed E-state index contributed by atoms with van der Waals surface area (Å²) in [4.78, 5) is 12.6. The van der Waals surface area contributed by atoms with E-state index < -0.39 is 16.0 Å². The van der Waals surface area contributed by atoms with E-state index in [1.807, 2.05) is 58.0 Å². The topological polar surface area (TPSA) is 72.9 Å². The first-order valence-corrected chi connectivity index (χ1v) is 15.3. The molecule has 0 bridgehead atoms. The second kappa shape index (κ2) is 12.6. The van der Waals surface area contributed by atoms with Crippen LogP contribution in [-0.2, 0) is 19.6 Å². The number of rotatable bonds is 12. The second-order valence-corrected chi connectivity index (χ2v) is 13.6. The van der Waals surface area contributed by atoms with Gasteiger partial charge in [-0.1, -0.05) is 25.4 Å². The van der Waals surface area contributed by atoms with Gasteiger partial charge in [-0.25, -0.2) is 13.2 Å². The molecular weight excluding hydrogens is 538 g/mol. The number of nitrogens with zero attached hydrogens (tertiary/aromatic N) is 1. The Hall–Kier alpha value is -1.78. The van der Waals surface area contributed by atoms with Crippen molar-refractivity contribution in [2.45, 2.75) is 55.4 Å². The molecule has 2 aromatic carbocycles. The van der Waals surface area contributed by atoms with Crippen LogP contribution in [0.1, 0.15) is 38.3 Å². The molecule has 0 saturated heterocycles. The number of thioether (sulfide) groups is 1. The third kappa shape index (κ3) is 6.95. The Morgan fingerprint density at radius 1 is 1.17 bits per heavy atom. The number of benzene rings is 2. The summed E-state index contributed by atoms with van der Waals surface area (Å²) < 4.78 is 40.7. The summed E-state index contributed by atoms with van der Waals surface area (Å²) in [6.07, 6.45) is 0.720. The molecule has 3 rings (SSSR count). The first-order chi connectivity index (χ1) is 17.1. The van der Waals surface area contributed by atoms with E-state index in [1.54, 1.807) is 29.1 Å². The predicted octanol–water partition coefficient (Wildman–Crippen LogP) is 6.69. The van der Waals surface area contributed by atoms with Crippen LogP contribution in [0.4, 0.5) is 0 Å². The van der Waals surface area contributed by atoms with Crippen molar-refractivity contribution in [1.82, 2.24) is 4.31 Å². The molecule has 1 unspecified atom stereocenters. The van der Waals surface area contributed by atoms with Crippen molar-refractivity contribution in [3.8, 4) is 5.75 Å². The van der Waals surface area contributed by atoms with Gasteiger partial charge in [-0.3, -0.25) is 0 Å². The highest BCUT2D eigenvalue weighted by Crippen LogP contribution is 2.37. The van der Waals surface area contributed by atoms with Crippen molar-refractivity contribution in [3.05, 3.63) is 52.5 Å². The van der Waals surface area contributed by atoms with E-state index in [0.29, 0.717) is 34.7 Å². The van der Waals surface area contributed by atoms with Crippen molar-refractivity contribution in [2.24, 2.45) is 0 Å². The molecule has 0 spiro atoms. The number of halogens is 1. The van der Waals surface area contributed by atoms with Gasteiger partial charge in [0.05, 0.1) is 6.61 Å². The van der Waals surface area contributed by atoms with Crippen LogP contribution in [0.25, 0.3) is 10.1 Å². The number of aryl methyl sites for hydroxylation is 2. The van der Waals surface area contributed by atoms with Gasteiger partial charge in [0.2, 0.25) is 0 Å². The van der Waals surface area contributed by atoms with Gasteiger partial charge < -0.3 is 9.47 Å². The molecule has 36 heavy (non-hydrogen) atoms. The van der Waals surface area contributed by atoms with Gasteiger partial charge in [0.25, 0.3) is 10.0 Å². The van der Waals surface area contributed by atoms with E-state index in [0.717, 1.165) is 32.5 Å². The number of sulfonamides is 1. The molecule has 0 amide bonds. The van der Waals surface area contributed by atoms with E-state index in [2.05, 4.69) is 0 Å². The number of fused-ring (bicyclic) bond motifs is 1. The Morgan fingerprint density at radius 3 is 2.58 bits per heavy atom. The fourth-order valence-electron chi connectivity index (χ4n) is 3.85. The monoisotopic (exact) mass is 569 g/mol. The summed E-state index contributed by atoms with van der Waals surface area (Å²) in [6, 6.07) is 11.2. The highest BCUT2D eigenvalue weighted by molar-refractivity contribution is 8.00. The molecule has 0 saturated carbocycles. The molecule has 1 atom stereocenters. The van der Waals surface area contributed by atoms with Crippen LogP contribution in [0.5, 0.6) is 5.75 Å². The average Bonchev–Trinajstić information content (AvgIpc) is 3.15. The van der Waals surface area contributed by atoms with E-state index in [-0.39, 0.29) is 11.9 Å². The van der Waals surface area contributed by atoms with Crippen molar-refractivity contribution in [1.29, 1.82) is 0 Å². The Balaban J connectivity index is 1.73. The van der Waals surface area contributed by atoms with E-state index in [1.165, 1.54) is 11.3 Å². The highest BCUT2D eigenvalue weighted by Gasteiger charge is 2.30. The molecule has 1 heterocycles. The van der Waals surface area contributed by atoms with Crippen LogP contribution in [0.15, 0.2) is 45.5 Å². The molecule has 0 fully saturated rings. The smallest absolute Gasteiger partial charge is 0.344 e. The van der Waals surface area contributed by atoms with Gasteiger partial charge in [0, 0.05) is 33.0 Å². The Morgan fingerprint density at radius 2 is 1.92 bits per heavy atom. The third-order valence-electron chi connectivity index (χ3n) is 5.50. The number of ether oxygens (including phenoxy) is 2. The molecule has 0 aliphatic heterocycles. The molecule has 6 nitrogen and oxygen atoms in total. The quantitative estimate of drug-likeness (QED) is 0.179. The van der Waals surface area contributed by atoms with E-state index in [4.69, 9.17) is 21.1 Å². The van der Waals surface area contributed by atoms with Crippen LogP contribution in [0.3, 0.4) is 0 Å². The lowest BCUT2D eigenvalue weighted by molar-refractivity contribution is -0.145. The molecular formula is C26H32ClNO5S3. The van der Waals surface area contributed by atoms with Gasteiger partial charge in [-0.2, -0.15) is 4.31 Å². The third-order valence-corrected chi connectivity index (χ3v) is 10.5. The second-order valence-electron chi connectivity index (χ2n) is 8.47. The summed E-state index contributed by atoms with van der Waals surface area (Å²) in [5.74, 6) is 0.216. The fourth-order valence-corrected chi connectivity index (χ4v) is 8.72. The maximum absolute atomic E-state index is 13.7. The standard InChI is InChI=1S/C26H32ClNO5S3/c1-6-12-28(36(30,31)26-19(5)22-14-20(27)8-11-24(22)35-26)15-18(4)34-21-9-10-23(17(3)13-21)33-16-25(29)32-7-2/h8-11,13-14,18H,6-7,12,15-16H2,1-5H3. The lowest BCUT2D eigenvalue weighted by Crippen LogP contribution is -2.36. The minimum atomic E-state index is -3.66. The molecule has 0 N–H and O–H groups in total. The predicted molar refractivity (Wildman–Crippen MR) is 149 cm³/mol. The van der Waals surface area contributed by atoms with Crippen LogP contribution in [0.2, 0.25) is 5.02 Å². The van der Waals surface area contributed by atoms with Crippen molar-refractivity contribution in [2.75, 3.05) is 26.3 Å². The van der Waals surface area contributed by atoms with Gasteiger partial charge in [0.15, 0.2) is 6.61 Å². The fraction of sp³-hybridized carbons (Fsp3) is 0.423. The van der Waals surface area contributed by atoms with Crippen molar-refractivity contribution >= 4 is 60.8 Å². The highest BCUT2D eigenvalue weighted by atomic mass is 35.5. The Kier molecular flexibility index (Phi) is 10.1. The van der Waals surface area contributed by atoms with Gasteiger partial charge in [-0.15, -0.1) is 23.1 Å². The number of esters is 1. The largest absolute Gasteiger partial charge is 0.482 e. The zero-order valence-electron chi connectivity index (χ0n) is 21.2.